The summed E-state index contributed by atoms with van der Waals surface area (Å²) in [5.41, 5.74) is 0.854. The van der Waals surface area contributed by atoms with Crippen LogP contribution in [0.3, 0.4) is 0 Å². The molecule has 2 N–H and O–H groups in total. The Balaban J connectivity index is 2.52. The molecule has 2 aromatic heterocycles. The highest BCUT2D eigenvalue weighted by Crippen LogP contribution is 2.16. The van der Waals surface area contributed by atoms with Crippen LogP contribution in [0, 0.1) is 4.77 Å². The van der Waals surface area contributed by atoms with Crippen LogP contribution in [0.5, 0.6) is 0 Å². The molecule has 0 bridgehead atoms. The molecule has 0 fully saturated rings. The van der Waals surface area contributed by atoms with Gasteiger partial charge in [0.25, 0.3) is 0 Å². The molecule has 0 radical (unpaired) electrons. The standard InChI is InChI=1S/C7H5ClN4S/c8-5-3-4(1-2-9-5)6-10-7(13)12-11-6/h1-3H,(H2,10,11,12,13). The fraction of sp³-hybridized carbons (Fsp3) is 0. The quantitative estimate of drug-likeness (QED) is 0.563. The van der Waals surface area contributed by atoms with Crippen molar-refractivity contribution in [1.29, 1.82) is 0 Å². The third kappa shape index (κ3) is 1.76. The second-order valence-corrected chi connectivity index (χ2v) is 3.16. The summed E-state index contributed by atoms with van der Waals surface area (Å²) in [6.07, 6.45) is 1.61. The lowest BCUT2D eigenvalue weighted by atomic mass is 10.2. The number of aromatic amines is 2. The highest BCUT2D eigenvalue weighted by Gasteiger charge is 2.01. The van der Waals surface area contributed by atoms with Gasteiger partial charge in [0.15, 0.2) is 5.82 Å². The lowest BCUT2D eigenvalue weighted by Gasteiger charge is -1.94. The number of H-pyrrole nitrogens is 2. The van der Waals surface area contributed by atoms with Gasteiger partial charge < -0.3 is 0 Å². The molecule has 0 spiro atoms. The zero-order valence-corrected chi connectivity index (χ0v) is 7.99. The van der Waals surface area contributed by atoms with Crippen LogP contribution in [-0.2, 0) is 0 Å². The van der Waals surface area contributed by atoms with Gasteiger partial charge in [-0.25, -0.2) is 4.98 Å². The second kappa shape index (κ2) is 3.27. The zero-order valence-electron chi connectivity index (χ0n) is 6.41. The first-order valence-electron chi connectivity index (χ1n) is 3.52. The van der Waals surface area contributed by atoms with Crippen LogP contribution in [0.15, 0.2) is 18.3 Å². The van der Waals surface area contributed by atoms with Crippen molar-refractivity contribution in [2.45, 2.75) is 0 Å². The van der Waals surface area contributed by atoms with Crippen molar-refractivity contribution >= 4 is 23.8 Å². The van der Waals surface area contributed by atoms with Gasteiger partial charge in [-0.3, -0.25) is 10.2 Å². The molecular weight excluding hydrogens is 208 g/mol. The Bertz CT molecular complexity index is 475. The number of hydrogen-bond donors (Lipinski definition) is 2. The first-order chi connectivity index (χ1) is 6.25. The Kier molecular flexibility index (Phi) is 2.12. The molecule has 0 unspecified atom stereocenters. The summed E-state index contributed by atoms with van der Waals surface area (Å²) in [7, 11) is 0. The van der Waals surface area contributed by atoms with Gasteiger partial charge in [0.05, 0.1) is 0 Å². The van der Waals surface area contributed by atoms with Gasteiger partial charge in [-0.15, -0.1) is 0 Å². The van der Waals surface area contributed by atoms with Gasteiger partial charge in [-0.05, 0) is 24.4 Å². The smallest absolute Gasteiger partial charge is 0.213 e. The molecule has 0 saturated heterocycles. The normalized spacial score (nSPS) is 10.2. The number of nitrogens with one attached hydrogen (secondary N) is 2. The van der Waals surface area contributed by atoms with E-state index in [-0.39, 0.29) is 0 Å². The minimum absolute atomic E-state index is 0.419. The van der Waals surface area contributed by atoms with E-state index in [1.807, 2.05) is 0 Å². The maximum absolute atomic E-state index is 5.71. The van der Waals surface area contributed by atoms with E-state index in [1.54, 1.807) is 18.3 Å². The molecule has 2 heterocycles. The summed E-state index contributed by atoms with van der Waals surface area (Å²) in [6, 6.07) is 3.51. The molecule has 6 heteroatoms. The predicted molar refractivity (Wildman–Crippen MR) is 52.0 cm³/mol. The summed E-state index contributed by atoms with van der Waals surface area (Å²) < 4.78 is 0.419. The Labute approximate surface area is 84.0 Å². The maximum atomic E-state index is 5.71. The van der Waals surface area contributed by atoms with E-state index in [0.717, 1.165) is 5.56 Å². The summed E-state index contributed by atoms with van der Waals surface area (Å²) in [5, 5.41) is 5.95. The van der Waals surface area contributed by atoms with E-state index in [4.69, 9.17) is 23.8 Å². The zero-order chi connectivity index (χ0) is 9.26. The lowest BCUT2D eigenvalue weighted by Crippen LogP contribution is -1.82. The number of halogens is 1. The van der Waals surface area contributed by atoms with Crippen LogP contribution in [0.1, 0.15) is 0 Å². The van der Waals surface area contributed by atoms with Gasteiger partial charge in [0, 0.05) is 11.8 Å². The van der Waals surface area contributed by atoms with E-state index < -0.39 is 0 Å². The first-order valence-corrected chi connectivity index (χ1v) is 4.31. The molecule has 0 atom stereocenters. The molecule has 0 aliphatic heterocycles. The maximum Gasteiger partial charge on any atom is 0.213 e. The highest BCUT2D eigenvalue weighted by molar-refractivity contribution is 7.71. The molecule has 2 aromatic rings. The van der Waals surface area contributed by atoms with Crippen molar-refractivity contribution in [2.75, 3.05) is 0 Å². The average molecular weight is 213 g/mol. The molecule has 4 nitrogen and oxygen atoms in total. The number of aromatic nitrogens is 4. The Morgan fingerprint density at radius 1 is 1.38 bits per heavy atom. The van der Waals surface area contributed by atoms with E-state index >= 15 is 0 Å². The third-order valence-electron chi connectivity index (χ3n) is 1.50. The number of pyridine rings is 1. The Morgan fingerprint density at radius 3 is 2.85 bits per heavy atom. The number of nitrogens with zero attached hydrogens (tertiary/aromatic N) is 2. The Morgan fingerprint density at radius 2 is 2.23 bits per heavy atom. The molecule has 0 aliphatic rings. The fourth-order valence-corrected chi connectivity index (χ4v) is 1.27. The number of rotatable bonds is 1. The van der Waals surface area contributed by atoms with Gasteiger partial charge in [-0.2, -0.15) is 4.98 Å². The van der Waals surface area contributed by atoms with Gasteiger partial charge in [0.2, 0.25) is 4.77 Å². The minimum atomic E-state index is 0.419. The topological polar surface area (TPSA) is 57.4 Å². The minimum Gasteiger partial charge on any atom is -0.282 e. The highest BCUT2D eigenvalue weighted by atomic mass is 35.5. The van der Waals surface area contributed by atoms with Crippen LogP contribution < -0.4 is 0 Å². The summed E-state index contributed by atoms with van der Waals surface area (Å²) in [4.78, 5) is 7.90. The summed E-state index contributed by atoms with van der Waals surface area (Å²) in [5.74, 6) is 0.661. The van der Waals surface area contributed by atoms with Crippen LogP contribution in [-0.4, -0.2) is 20.2 Å². The summed E-state index contributed by atoms with van der Waals surface area (Å²) in [6.45, 7) is 0. The van der Waals surface area contributed by atoms with Crippen LogP contribution in [0.4, 0.5) is 0 Å². The van der Waals surface area contributed by atoms with Gasteiger partial charge >= 0.3 is 0 Å². The van der Waals surface area contributed by atoms with Crippen molar-refractivity contribution < 1.29 is 0 Å². The van der Waals surface area contributed by atoms with Crippen molar-refractivity contribution in [3.8, 4) is 11.4 Å². The molecule has 2 rings (SSSR count). The SMILES string of the molecule is S=c1nc(-c2ccnc(Cl)c2)[nH][nH]1. The van der Waals surface area contributed by atoms with Crippen LogP contribution in [0.25, 0.3) is 11.4 Å². The van der Waals surface area contributed by atoms with Gasteiger partial charge in [0.1, 0.15) is 5.15 Å². The monoisotopic (exact) mass is 212 g/mol. The molecule has 0 aromatic carbocycles. The van der Waals surface area contributed by atoms with E-state index in [9.17, 15) is 0 Å². The van der Waals surface area contributed by atoms with E-state index in [2.05, 4.69) is 20.2 Å². The average Bonchev–Trinajstić information content (AvgIpc) is 2.52. The lowest BCUT2D eigenvalue weighted by molar-refractivity contribution is 1.08. The van der Waals surface area contributed by atoms with Crippen molar-refractivity contribution in [1.82, 2.24) is 20.2 Å². The fourth-order valence-electron chi connectivity index (χ4n) is 0.957. The molecular formula is C7H5ClN4S. The molecule has 66 valence electrons. The molecule has 0 amide bonds. The van der Waals surface area contributed by atoms with E-state index in [0.29, 0.717) is 15.7 Å². The van der Waals surface area contributed by atoms with Crippen LogP contribution in [0.2, 0.25) is 5.15 Å². The molecule has 13 heavy (non-hydrogen) atoms. The Hall–Kier alpha value is -1.20. The first kappa shape index (κ1) is 8.40. The predicted octanol–water partition coefficient (Wildman–Crippen LogP) is 2.18. The van der Waals surface area contributed by atoms with Crippen molar-refractivity contribution in [3.63, 3.8) is 0 Å². The second-order valence-electron chi connectivity index (χ2n) is 2.38. The molecule has 0 aliphatic carbocycles. The van der Waals surface area contributed by atoms with Crippen LogP contribution >= 0.6 is 23.8 Å². The van der Waals surface area contributed by atoms with Crippen molar-refractivity contribution in [2.24, 2.45) is 0 Å². The van der Waals surface area contributed by atoms with Gasteiger partial charge in [-0.1, -0.05) is 11.6 Å². The molecule has 0 saturated carbocycles. The van der Waals surface area contributed by atoms with Crippen molar-refractivity contribution in [3.05, 3.63) is 28.3 Å². The number of hydrogen-bond acceptors (Lipinski definition) is 3. The largest absolute Gasteiger partial charge is 0.282 e. The third-order valence-corrected chi connectivity index (χ3v) is 1.90. The summed E-state index contributed by atoms with van der Waals surface area (Å²) >= 11 is 10.5. The van der Waals surface area contributed by atoms with E-state index in [1.165, 1.54) is 0 Å².